The number of ether oxygens (including phenoxy) is 1. The predicted octanol–water partition coefficient (Wildman–Crippen LogP) is 6.44. The summed E-state index contributed by atoms with van der Waals surface area (Å²) in [5.74, 6) is 1.63. The van der Waals surface area contributed by atoms with Crippen LogP contribution in [0.3, 0.4) is 0 Å². The van der Waals surface area contributed by atoms with E-state index < -0.39 is 5.60 Å². The lowest BCUT2D eigenvalue weighted by molar-refractivity contribution is -0.0254. The Balaban J connectivity index is 1.16. The van der Waals surface area contributed by atoms with Crippen molar-refractivity contribution < 1.29 is 9.84 Å². The molecule has 3 aliphatic heterocycles. The molecule has 4 heterocycles. The zero-order chi connectivity index (χ0) is 26.0. The number of fused-ring (bicyclic) bond motifs is 2. The van der Waals surface area contributed by atoms with E-state index in [0.717, 1.165) is 68.7 Å². The van der Waals surface area contributed by atoms with Crippen molar-refractivity contribution in [3.63, 3.8) is 0 Å². The highest BCUT2D eigenvalue weighted by Gasteiger charge is 2.33. The van der Waals surface area contributed by atoms with Crippen molar-refractivity contribution in [2.45, 2.75) is 50.7 Å². The standard InChI is InChI=1S/C32H36ClN3O2/c33-27-12-10-26(11-13-27)32(37)14-20-35(21-15-32)19-5-7-24-22-29-25(23-36-17-1-2-18-36)6-3-9-30(29)38-31-28(24)8-4-16-34-31/h3-4,6-13,16,37H,1-2,5,14-15,17-23H2/b24-7-. The van der Waals surface area contributed by atoms with E-state index in [1.54, 1.807) is 0 Å². The molecular formula is C32H36ClN3O2. The fourth-order valence-corrected chi connectivity index (χ4v) is 6.27. The van der Waals surface area contributed by atoms with Crippen LogP contribution in [0, 0.1) is 0 Å². The van der Waals surface area contributed by atoms with Crippen molar-refractivity contribution in [3.05, 3.63) is 94.1 Å². The zero-order valence-electron chi connectivity index (χ0n) is 21.9. The summed E-state index contributed by atoms with van der Waals surface area (Å²) in [4.78, 5) is 9.61. The Morgan fingerprint density at radius 1 is 0.947 bits per heavy atom. The van der Waals surface area contributed by atoms with Gasteiger partial charge in [-0.05, 0) is 92.2 Å². The summed E-state index contributed by atoms with van der Waals surface area (Å²) in [7, 11) is 0. The van der Waals surface area contributed by atoms with Gasteiger partial charge in [-0.1, -0.05) is 41.9 Å². The van der Waals surface area contributed by atoms with Gasteiger partial charge < -0.3 is 14.7 Å². The minimum Gasteiger partial charge on any atom is -0.438 e. The molecule has 0 amide bonds. The van der Waals surface area contributed by atoms with Gasteiger partial charge in [0.05, 0.1) is 5.60 Å². The molecule has 0 spiro atoms. The van der Waals surface area contributed by atoms with E-state index in [1.165, 1.54) is 42.6 Å². The van der Waals surface area contributed by atoms with E-state index in [1.807, 2.05) is 36.5 Å². The number of rotatable bonds is 6. The molecule has 0 radical (unpaired) electrons. The second kappa shape index (κ2) is 11.2. The molecule has 38 heavy (non-hydrogen) atoms. The summed E-state index contributed by atoms with van der Waals surface area (Å²) in [6, 6.07) is 18.2. The van der Waals surface area contributed by atoms with Gasteiger partial charge in [0.15, 0.2) is 0 Å². The fourth-order valence-electron chi connectivity index (χ4n) is 6.14. The smallest absolute Gasteiger partial charge is 0.226 e. The Kier molecular flexibility index (Phi) is 7.53. The van der Waals surface area contributed by atoms with E-state index in [0.29, 0.717) is 10.9 Å². The van der Waals surface area contributed by atoms with Crippen molar-refractivity contribution >= 4 is 17.2 Å². The second-order valence-corrected chi connectivity index (χ2v) is 11.3. The molecule has 1 aromatic heterocycles. The summed E-state index contributed by atoms with van der Waals surface area (Å²) in [5, 5.41) is 11.9. The molecule has 2 aromatic carbocycles. The van der Waals surface area contributed by atoms with Crippen LogP contribution in [0.25, 0.3) is 5.57 Å². The van der Waals surface area contributed by atoms with Crippen LogP contribution in [0.15, 0.2) is 66.9 Å². The monoisotopic (exact) mass is 529 g/mol. The Morgan fingerprint density at radius 3 is 2.53 bits per heavy atom. The van der Waals surface area contributed by atoms with Crippen LogP contribution in [0.4, 0.5) is 0 Å². The average Bonchev–Trinajstić information content (AvgIpc) is 3.38. The molecule has 3 aromatic rings. The number of halogens is 1. The van der Waals surface area contributed by atoms with Gasteiger partial charge in [-0.2, -0.15) is 0 Å². The van der Waals surface area contributed by atoms with Crippen LogP contribution in [0.1, 0.15) is 54.4 Å². The Labute approximate surface area is 230 Å². The molecule has 6 rings (SSSR count). The fraction of sp³-hybridized carbons (Fsp3) is 0.406. The normalized spacial score (nSPS) is 20.5. The maximum absolute atomic E-state index is 11.2. The van der Waals surface area contributed by atoms with Crippen LogP contribution in [-0.2, 0) is 18.6 Å². The second-order valence-electron chi connectivity index (χ2n) is 10.9. The zero-order valence-corrected chi connectivity index (χ0v) is 22.7. The molecule has 2 fully saturated rings. The predicted molar refractivity (Wildman–Crippen MR) is 153 cm³/mol. The number of hydrogen-bond donors (Lipinski definition) is 1. The number of nitrogens with zero attached hydrogens (tertiary/aromatic N) is 3. The van der Waals surface area contributed by atoms with Gasteiger partial charge in [-0.15, -0.1) is 0 Å². The highest BCUT2D eigenvalue weighted by molar-refractivity contribution is 6.30. The topological polar surface area (TPSA) is 48.8 Å². The molecule has 1 N–H and O–H groups in total. The number of pyridine rings is 1. The Bertz CT molecular complexity index is 1290. The van der Waals surface area contributed by atoms with Gasteiger partial charge in [-0.25, -0.2) is 4.98 Å². The number of aliphatic hydroxyl groups is 1. The van der Waals surface area contributed by atoms with E-state index in [2.05, 4.69) is 45.1 Å². The van der Waals surface area contributed by atoms with E-state index >= 15 is 0 Å². The van der Waals surface area contributed by atoms with Crippen molar-refractivity contribution in [1.82, 2.24) is 14.8 Å². The third kappa shape index (κ3) is 5.52. The summed E-state index contributed by atoms with van der Waals surface area (Å²) in [5.41, 5.74) is 5.23. The molecule has 3 aliphatic rings. The van der Waals surface area contributed by atoms with Crippen LogP contribution in [-0.4, -0.2) is 52.6 Å². The summed E-state index contributed by atoms with van der Waals surface area (Å²) < 4.78 is 6.39. The van der Waals surface area contributed by atoms with Gasteiger partial charge in [-0.3, -0.25) is 4.90 Å². The lowest BCUT2D eigenvalue weighted by Crippen LogP contribution is -2.42. The quantitative estimate of drug-likeness (QED) is 0.398. The largest absolute Gasteiger partial charge is 0.438 e. The third-order valence-corrected chi connectivity index (χ3v) is 8.67. The minimum atomic E-state index is -0.766. The number of allylic oxidation sites excluding steroid dienone is 1. The van der Waals surface area contributed by atoms with E-state index in [9.17, 15) is 5.11 Å². The molecular weight excluding hydrogens is 494 g/mol. The Morgan fingerprint density at radius 2 is 1.74 bits per heavy atom. The van der Waals surface area contributed by atoms with Gasteiger partial charge in [0, 0.05) is 54.9 Å². The lowest BCUT2D eigenvalue weighted by atomic mass is 9.84. The average molecular weight is 530 g/mol. The van der Waals surface area contributed by atoms with Crippen molar-refractivity contribution in [2.24, 2.45) is 0 Å². The molecule has 0 atom stereocenters. The molecule has 0 saturated carbocycles. The molecule has 6 heteroatoms. The Hall–Kier alpha value is -2.70. The number of aromatic nitrogens is 1. The molecule has 0 bridgehead atoms. The number of benzene rings is 2. The lowest BCUT2D eigenvalue weighted by Gasteiger charge is -2.38. The van der Waals surface area contributed by atoms with Gasteiger partial charge >= 0.3 is 0 Å². The first kappa shape index (κ1) is 25.6. The van der Waals surface area contributed by atoms with Gasteiger partial charge in [0.2, 0.25) is 5.88 Å². The number of likely N-dealkylation sites (tertiary alicyclic amines) is 2. The maximum Gasteiger partial charge on any atom is 0.226 e. The number of piperidine rings is 1. The van der Waals surface area contributed by atoms with Gasteiger partial charge in [0.1, 0.15) is 5.75 Å². The highest BCUT2D eigenvalue weighted by atomic mass is 35.5. The summed E-state index contributed by atoms with van der Waals surface area (Å²) in [6.45, 7) is 6.07. The van der Waals surface area contributed by atoms with Crippen LogP contribution >= 0.6 is 11.6 Å². The van der Waals surface area contributed by atoms with Crippen LogP contribution < -0.4 is 4.74 Å². The highest BCUT2D eigenvalue weighted by Crippen LogP contribution is 2.40. The molecule has 2 saturated heterocycles. The SMILES string of the molecule is OC1(c2ccc(Cl)cc2)CCN(CC/C=C2/Cc3c(CN4CCCC4)cccc3Oc3ncccc32)CC1. The van der Waals surface area contributed by atoms with Crippen molar-refractivity contribution in [2.75, 3.05) is 32.7 Å². The minimum absolute atomic E-state index is 0.696. The van der Waals surface area contributed by atoms with Crippen LogP contribution in [0.5, 0.6) is 11.6 Å². The van der Waals surface area contributed by atoms with E-state index in [-0.39, 0.29) is 0 Å². The van der Waals surface area contributed by atoms with E-state index in [4.69, 9.17) is 16.3 Å². The maximum atomic E-state index is 11.2. The summed E-state index contributed by atoms with van der Waals surface area (Å²) >= 11 is 6.05. The first-order valence-corrected chi connectivity index (χ1v) is 14.3. The first-order chi connectivity index (χ1) is 18.6. The van der Waals surface area contributed by atoms with Crippen LogP contribution in [0.2, 0.25) is 5.02 Å². The molecule has 0 unspecified atom stereocenters. The molecule has 198 valence electrons. The molecule has 5 nitrogen and oxygen atoms in total. The first-order valence-electron chi connectivity index (χ1n) is 13.9. The number of hydrogen-bond acceptors (Lipinski definition) is 5. The summed E-state index contributed by atoms with van der Waals surface area (Å²) in [6.07, 6.45) is 10.1. The van der Waals surface area contributed by atoms with Crippen molar-refractivity contribution in [1.29, 1.82) is 0 Å². The van der Waals surface area contributed by atoms with Crippen molar-refractivity contribution in [3.8, 4) is 11.6 Å². The van der Waals surface area contributed by atoms with Gasteiger partial charge in [0.25, 0.3) is 0 Å². The molecule has 0 aliphatic carbocycles. The third-order valence-electron chi connectivity index (χ3n) is 8.41.